The maximum absolute atomic E-state index is 12.7. The van der Waals surface area contributed by atoms with Gasteiger partial charge < -0.3 is 19.7 Å². The van der Waals surface area contributed by atoms with Crippen molar-refractivity contribution in [3.05, 3.63) is 53.6 Å². The predicted octanol–water partition coefficient (Wildman–Crippen LogP) is 4.31. The molecule has 156 valence electrons. The summed E-state index contributed by atoms with van der Waals surface area (Å²) in [6, 6.07) is 11.2. The smallest absolute Gasteiger partial charge is 0.387 e. The first kappa shape index (κ1) is 22.1. The van der Waals surface area contributed by atoms with E-state index in [1.165, 1.54) is 11.0 Å². The first-order valence-corrected chi connectivity index (χ1v) is 9.20. The largest absolute Gasteiger partial charge is 0.490 e. The summed E-state index contributed by atoms with van der Waals surface area (Å²) in [5, 5.41) is 2.72. The third-order valence-corrected chi connectivity index (χ3v) is 4.00. The lowest BCUT2D eigenvalue weighted by atomic mass is 10.1. The van der Waals surface area contributed by atoms with Gasteiger partial charge in [-0.1, -0.05) is 19.1 Å². The maximum atomic E-state index is 12.7. The van der Waals surface area contributed by atoms with Crippen LogP contribution in [-0.2, 0) is 11.3 Å². The molecule has 0 atom stereocenters. The van der Waals surface area contributed by atoms with Crippen LogP contribution in [0.2, 0.25) is 0 Å². The second-order valence-corrected chi connectivity index (χ2v) is 6.24. The quantitative estimate of drug-likeness (QED) is 0.674. The summed E-state index contributed by atoms with van der Waals surface area (Å²) in [4.78, 5) is 25.8. The number of amides is 2. The number of alkyl halides is 2. The van der Waals surface area contributed by atoms with Gasteiger partial charge in [0.15, 0.2) is 11.5 Å². The van der Waals surface area contributed by atoms with E-state index in [9.17, 15) is 18.4 Å². The van der Waals surface area contributed by atoms with Crippen molar-refractivity contribution in [3.8, 4) is 11.5 Å². The SMILES string of the molecule is CCOc1cc(CN(C)C(=O)c2cccc(NC(=O)CC)c2)ccc1OC(F)F. The molecule has 2 aromatic carbocycles. The lowest BCUT2D eigenvalue weighted by Gasteiger charge is -2.19. The summed E-state index contributed by atoms with van der Waals surface area (Å²) in [5.74, 6) is -0.254. The molecule has 0 bridgehead atoms. The third-order valence-electron chi connectivity index (χ3n) is 4.00. The minimum absolute atomic E-state index is 0.0565. The Kier molecular flexibility index (Phi) is 7.94. The van der Waals surface area contributed by atoms with Gasteiger partial charge >= 0.3 is 6.61 Å². The number of halogens is 2. The van der Waals surface area contributed by atoms with Gasteiger partial charge in [0.2, 0.25) is 5.91 Å². The molecule has 0 heterocycles. The second-order valence-electron chi connectivity index (χ2n) is 6.24. The van der Waals surface area contributed by atoms with E-state index in [1.54, 1.807) is 57.3 Å². The molecule has 0 saturated carbocycles. The summed E-state index contributed by atoms with van der Waals surface area (Å²) < 4.78 is 34.9. The molecule has 0 aliphatic heterocycles. The zero-order valence-corrected chi connectivity index (χ0v) is 16.6. The number of hydrogen-bond acceptors (Lipinski definition) is 4. The van der Waals surface area contributed by atoms with E-state index in [4.69, 9.17) is 4.74 Å². The summed E-state index contributed by atoms with van der Waals surface area (Å²) in [5.41, 5.74) is 1.66. The van der Waals surface area contributed by atoms with Crippen LogP contribution in [0.4, 0.5) is 14.5 Å². The highest BCUT2D eigenvalue weighted by Crippen LogP contribution is 2.30. The number of carbonyl (C=O) groups excluding carboxylic acids is 2. The molecule has 0 aliphatic rings. The van der Waals surface area contributed by atoms with Crippen molar-refractivity contribution in [2.75, 3.05) is 19.0 Å². The number of anilines is 1. The molecule has 2 amide bonds. The monoisotopic (exact) mass is 406 g/mol. The van der Waals surface area contributed by atoms with Crippen molar-refractivity contribution >= 4 is 17.5 Å². The zero-order valence-electron chi connectivity index (χ0n) is 16.6. The number of carbonyl (C=O) groups is 2. The Bertz CT molecular complexity index is 858. The number of hydrogen-bond donors (Lipinski definition) is 1. The van der Waals surface area contributed by atoms with Gasteiger partial charge in [0, 0.05) is 31.3 Å². The predicted molar refractivity (Wildman–Crippen MR) is 105 cm³/mol. The molecule has 0 spiro atoms. The average molecular weight is 406 g/mol. The summed E-state index contributed by atoms with van der Waals surface area (Å²) in [6.45, 7) is 1.04. The van der Waals surface area contributed by atoms with Crippen LogP contribution in [-0.4, -0.2) is 37.0 Å². The number of ether oxygens (including phenoxy) is 2. The van der Waals surface area contributed by atoms with Crippen LogP contribution >= 0.6 is 0 Å². The molecule has 0 aliphatic carbocycles. The first-order chi connectivity index (χ1) is 13.8. The van der Waals surface area contributed by atoms with Crippen LogP contribution < -0.4 is 14.8 Å². The van der Waals surface area contributed by atoms with Crippen LogP contribution in [0.5, 0.6) is 11.5 Å². The van der Waals surface area contributed by atoms with E-state index >= 15 is 0 Å². The molecule has 0 radical (unpaired) electrons. The molecule has 2 rings (SSSR count). The molecule has 0 saturated heterocycles. The zero-order chi connectivity index (χ0) is 21.4. The van der Waals surface area contributed by atoms with Crippen molar-refractivity contribution in [2.45, 2.75) is 33.4 Å². The van der Waals surface area contributed by atoms with Gasteiger partial charge in [0.25, 0.3) is 5.91 Å². The molecule has 0 aromatic heterocycles. The number of benzene rings is 2. The van der Waals surface area contributed by atoms with Gasteiger partial charge in [-0.2, -0.15) is 8.78 Å². The van der Waals surface area contributed by atoms with Gasteiger partial charge in [-0.3, -0.25) is 9.59 Å². The van der Waals surface area contributed by atoms with Crippen LogP contribution in [0.15, 0.2) is 42.5 Å². The Labute approximate surface area is 168 Å². The third kappa shape index (κ3) is 6.44. The van der Waals surface area contributed by atoms with E-state index in [0.29, 0.717) is 23.2 Å². The van der Waals surface area contributed by atoms with Gasteiger partial charge in [0.1, 0.15) is 0 Å². The molecule has 6 nitrogen and oxygen atoms in total. The van der Waals surface area contributed by atoms with E-state index in [-0.39, 0.29) is 36.5 Å². The van der Waals surface area contributed by atoms with Gasteiger partial charge in [-0.15, -0.1) is 0 Å². The molecule has 2 aromatic rings. The van der Waals surface area contributed by atoms with E-state index in [1.807, 2.05) is 0 Å². The van der Waals surface area contributed by atoms with Crippen LogP contribution in [0.3, 0.4) is 0 Å². The van der Waals surface area contributed by atoms with Crippen LogP contribution in [0.1, 0.15) is 36.2 Å². The van der Waals surface area contributed by atoms with E-state index in [0.717, 1.165) is 0 Å². The lowest BCUT2D eigenvalue weighted by Crippen LogP contribution is -2.26. The molecule has 1 N–H and O–H groups in total. The number of nitrogens with one attached hydrogen (secondary N) is 1. The Balaban J connectivity index is 2.14. The Morgan fingerprint density at radius 3 is 2.52 bits per heavy atom. The lowest BCUT2D eigenvalue weighted by molar-refractivity contribution is -0.115. The van der Waals surface area contributed by atoms with Crippen molar-refractivity contribution < 1.29 is 27.8 Å². The molecular formula is C21H24F2N2O4. The topological polar surface area (TPSA) is 67.9 Å². The molecule has 0 fully saturated rings. The van der Waals surface area contributed by atoms with Crippen LogP contribution in [0.25, 0.3) is 0 Å². The fraction of sp³-hybridized carbons (Fsp3) is 0.333. The highest BCUT2D eigenvalue weighted by atomic mass is 19.3. The summed E-state index contributed by atoms with van der Waals surface area (Å²) >= 11 is 0. The Morgan fingerprint density at radius 1 is 1.10 bits per heavy atom. The minimum Gasteiger partial charge on any atom is -0.490 e. The number of rotatable bonds is 9. The fourth-order valence-corrected chi connectivity index (χ4v) is 2.66. The highest BCUT2D eigenvalue weighted by Gasteiger charge is 2.16. The standard InChI is InChI=1S/C21H24F2N2O4/c1-4-19(26)24-16-8-6-7-15(12-16)20(27)25(3)13-14-9-10-17(29-21(22)23)18(11-14)28-5-2/h6-12,21H,4-5,13H2,1-3H3,(H,24,26). The van der Waals surface area contributed by atoms with Crippen LogP contribution in [0, 0.1) is 0 Å². The van der Waals surface area contributed by atoms with Gasteiger partial charge in [-0.25, -0.2) is 0 Å². The van der Waals surface area contributed by atoms with Crippen molar-refractivity contribution in [3.63, 3.8) is 0 Å². The maximum Gasteiger partial charge on any atom is 0.387 e. The van der Waals surface area contributed by atoms with Gasteiger partial charge in [-0.05, 0) is 42.8 Å². The van der Waals surface area contributed by atoms with Crippen molar-refractivity contribution in [1.82, 2.24) is 4.90 Å². The van der Waals surface area contributed by atoms with E-state index in [2.05, 4.69) is 10.1 Å². The normalized spacial score (nSPS) is 10.6. The van der Waals surface area contributed by atoms with Gasteiger partial charge in [0.05, 0.1) is 6.61 Å². The summed E-state index contributed by atoms with van der Waals surface area (Å²) in [7, 11) is 1.63. The Hall–Kier alpha value is -3.16. The van der Waals surface area contributed by atoms with Crippen molar-refractivity contribution in [1.29, 1.82) is 0 Å². The van der Waals surface area contributed by atoms with Crippen molar-refractivity contribution in [2.24, 2.45) is 0 Å². The minimum atomic E-state index is -2.95. The Morgan fingerprint density at radius 2 is 1.86 bits per heavy atom. The molecule has 8 heteroatoms. The summed E-state index contributed by atoms with van der Waals surface area (Å²) in [6.07, 6.45) is 0.339. The average Bonchev–Trinajstić information content (AvgIpc) is 2.69. The number of nitrogens with zero attached hydrogens (tertiary/aromatic N) is 1. The molecular weight excluding hydrogens is 382 g/mol. The second kappa shape index (κ2) is 10.4. The molecule has 29 heavy (non-hydrogen) atoms. The first-order valence-electron chi connectivity index (χ1n) is 9.20. The fourth-order valence-electron chi connectivity index (χ4n) is 2.66. The highest BCUT2D eigenvalue weighted by molar-refractivity contribution is 5.97. The van der Waals surface area contributed by atoms with E-state index < -0.39 is 6.61 Å². The molecule has 0 unspecified atom stereocenters.